The van der Waals surface area contributed by atoms with Crippen LogP contribution in [0.25, 0.3) is 0 Å². The van der Waals surface area contributed by atoms with Gasteiger partial charge in [-0.2, -0.15) is 0 Å². The van der Waals surface area contributed by atoms with Gasteiger partial charge in [0.05, 0.1) is 17.2 Å². The molecule has 1 aliphatic carbocycles. The molecular weight excluding hydrogens is 571 g/mol. The van der Waals surface area contributed by atoms with Crippen molar-refractivity contribution in [2.75, 3.05) is 23.7 Å². The molecule has 2 amide bonds. The van der Waals surface area contributed by atoms with Gasteiger partial charge < -0.3 is 15.0 Å². The van der Waals surface area contributed by atoms with Crippen molar-refractivity contribution in [3.63, 3.8) is 0 Å². The van der Waals surface area contributed by atoms with Crippen molar-refractivity contribution in [3.8, 4) is 5.75 Å². The second kappa shape index (κ2) is 14.6. The number of hydrogen-bond acceptors (Lipinski definition) is 6. The number of carbonyl (C=O) groups excluding carboxylic acids is 2. The van der Waals surface area contributed by atoms with E-state index in [1.807, 2.05) is 43.5 Å². The fourth-order valence-corrected chi connectivity index (χ4v) is 6.86. The van der Waals surface area contributed by atoms with Crippen molar-refractivity contribution >= 4 is 39.3 Å². The molecule has 224 valence electrons. The average molecular weight is 610 g/mol. The molecule has 0 radical (unpaired) electrons. The second-order valence-corrected chi connectivity index (χ2v) is 13.0. The van der Waals surface area contributed by atoms with E-state index in [1.54, 1.807) is 55.5 Å². The van der Waals surface area contributed by atoms with Crippen LogP contribution in [-0.2, 0) is 26.2 Å². The fourth-order valence-electron chi connectivity index (χ4n) is 5.03. The Morgan fingerprint density at radius 3 is 2.21 bits per heavy atom. The number of carbonyl (C=O) groups is 2. The number of sulfonamides is 1. The van der Waals surface area contributed by atoms with Gasteiger partial charge in [0.1, 0.15) is 18.3 Å². The Balaban J connectivity index is 1.67. The minimum atomic E-state index is -4.14. The summed E-state index contributed by atoms with van der Waals surface area (Å²) in [5.41, 5.74) is 1.16. The van der Waals surface area contributed by atoms with Crippen LogP contribution in [0.1, 0.15) is 45.1 Å². The van der Waals surface area contributed by atoms with E-state index in [9.17, 15) is 18.0 Å². The number of nitrogens with zero attached hydrogens (tertiary/aromatic N) is 2. The van der Waals surface area contributed by atoms with Crippen molar-refractivity contribution < 1.29 is 22.7 Å². The van der Waals surface area contributed by atoms with Crippen molar-refractivity contribution in [1.82, 2.24) is 10.2 Å². The number of hydrogen-bond donors (Lipinski definition) is 1. The van der Waals surface area contributed by atoms with Crippen LogP contribution < -0.4 is 14.4 Å². The number of benzene rings is 3. The Hall–Kier alpha value is -3.50. The number of nitrogens with one attached hydrogen (secondary N) is 1. The Bertz CT molecular complexity index is 1430. The van der Waals surface area contributed by atoms with E-state index < -0.39 is 28.5 Å². The van der Waals surface area contributed by atoms with E-state index in [4.69, 9.17) is 4.74 Å². The van der Waals surface area contributed by atoms with Crippen LogP contribution in [0.15, 0.2) is 88.7 Å². The van der Waals surface area contributed by atoms with Crippen molar-refractivity contribution in [3.05, 3.63) is 84.4 Å². The highest BCUT2D eigenvalue weighted by atomic mass is 32.2. The van der Waals surface area contributed by atoms with E-state index in [0.29, 0.717) is 18.0 Å². The molecular formula is C32H39N3O5S2. The largest absolute Gasteiger partial charge is 0.494 e. The lowest BCUT2D eigenvalue weighted by molar-refractivity contribution is -0.139. The zero-order chi connectivity index (χ0) is 30.1. The van der Waals surface area contributed by atoms with Gasteiger partial charge in [-0.1, -0.05) is 43.2 Å². The van der Waals surface area contributed by atoms with Gasteiger partial charge in [-0.3, -0.25) is 13.9 Å². The van der Waals surface area contributed by atoms with E-state index in [0.717, 1.165) is 40.4 Å². The first-order chi connectivity index (χ1) is 20.2. The Kier molecular flexibility index (Phi) is 10.9. The highest BCUT2D eigenvalue weighted by Gasteiger charge is 2.33. The molecule has 0 spiro atoms. The second-order valence-electron chi connectivity index (χ2n) is 10.3. The molecule has 1 N–H and O–H groups in total. The van der Waals surface area contributed by atoms with Gasteiger partial charge in [-0.25, -0.2) is 8.42 Å². The van der Waals surface area contributed by atoms with Crippen LogP contribution >= 0.6 is 11.8 Å². The van der Waals surface area contributed by atoms with E-state index >= 15 is 0 Å². The van der Waals surface area contributed by atoms with Crippen molar-refractivity contribution in [2.24, 2.45) is 0 Å². The highest BCUT2D eigenvalue weighted by Crippen LogP contribution is 2.28. The van der Waals surface area contributed by atoms with Crippen molar-refractivity contribution in [1.29, 1.82) is 0 Å². The van der Waals surface area contributed by atoms with E-state index in [2.05, 4.69) is 5.32 Å². The molecule has 1 fully saturated rings. The molecule has 0 heterocycles. The van der Waals surface area contributed by atoms with E-state index in [1.165, 1.54) is 16.7 Å². The molecule has 1 atom stereocenters. The number of amides is 2. The third-order valence-corrected chi connectivity index (χ3v) is 9.96. The molecule has 3 aromatic rings. The predicted octanol–water partition coefficient (Wildman–Crippen LogP) is 5.48. The zero-order valence-corrected chi connectivity index (χ0v) is 26.0. The third-order valence-electron chi connectivity index (χ3n) is 7.43. The first kappa shape index (κ1) is 31.4. The Morgan fingerprint density at radius 2 is 1.62 bits per heavy atom. The van der Waals surface area contributed by atoms with Gasteiger partial charge in [-0.05, 0) is 87.0 Å². The number of thioether (sulfide) groups is 1. The number of rotatable bonds is 13. The molecule has 1 saturated carbocycles. The van der Waals surface area contributed by atoms with Crippen LogP contribution in [0.4, 0.5) is 5.69 Å². The van der Waals surface area contributed by atoms with Gasteiger partial charge in [0, 0.05) is 17.5 Å². The Morgan fingerprint density at radius 1 is 0.976 bits per heavy atom. The number of ether oxygens (including phenoxy) is 1. The maximum atomic E-state index is 14.1. The topological polar surface area (TPSA) is 96.0 Å². The van der Waals surface area contributed by atoms with Gasteiger partial charge in [0.2, 0.25) is 11.8 Å². The average Bonchev–Trinajstić information content (AvgIpc) is 3.52. The molecule has 3 aromatic carbocycles. The molecule has 42 heavy (non-hydrogen) atoms. The predicted molar refractivity (Wildman–Crippen MR) is 167 cm³/mol. The van der Waals surface area contributed by atoms with Gasteiger partial charge in [0.25, 0.3) is 10.0 Å². The molecule has 1 unspecified atom stereocenters. The summed E-state index contributed by atoms with van der Waals surface area (Å²) in [7, 11) is -4.14. The maximum absolute atomic E-state index is 14.1. The molecule has 0 bridgehead atoms. The van der Waals surface area contributed by atoms with Gasteiger partial charge >= 0.3 is 0 Å². The van der Waals surface area contributed by atoms with E-state index in [-0.39, 0.29) is 23.4 Å². The molecule has 10 heteroatoms. The molecule has 0 saturated heterocycles. The summed E-state index contributed by atoms with van der Waals surface area (Å²) in [6.45, 7) is 3.72. The smallest absolute Gasteiger partial charge is 0.264 e. The summed E-state index contributed by atoms with van der Waals surface area (Å²) in [6.07, 6.45) is 5.89. The molecule has 8 nitrogen and oxygen atoms in total. The maximum Gasteiger partial charge on any atom is 0.264 e. The summed E-state index contributed by atoms with van der Waals surface area (Å²) in [4.78, 5) is 29.9. The third kappa shape index (κ3) is 7.86. The summed E-state index contributed by atoms with van der Waals surface area (Å²) < 4.78 is 34.7. The van der Waals surface area contributed by atoms with Crippen LogP contribution in [-0.4, -0.2) is 56.6 Å². The zero-order valence-electron chi connectivity index (χ0n) is 24.4. The van der Waals surface area contributed by atoms with Gasteiger partial charge in [0.15, 0.2) is 0 Å². The first-order valence-corrected chi connectivity index (χ1v) is 16.9. The normalized spacial score (nSPS) is 14.3. The van der Waals surface area contributed by atoms with Crippen LogP contribution in [0.3, 0.4) is 0 Å². The molecule has 0 aromatic heterocycles. The number of anilines is 1. The highest BCUT2D eigenvalue weighted by molar-refractivity contribution is 7.98. The SMILES string of the molecule is CCOc1ccc(N(CC(=O)N(Cc2ccccc2)C(C)C(=O)NC2CCCC2)S(=O)(=O)c2ccc(SC)cc2)cc1. The molecule has 0 aliphatic heterocycles. The van der Waals surface area contributed by atoms with Crippen molar-refractivity contribution in [2.45, 2.75) is 68.0 Å². The Labute approximate surface area is 253 Å². The first-order valence-electron chi connectivity index (χ1n) is 14.3. The molecule has 4 rings (SSSR count). The van der Waals surface area contributed by atoms with Gasteiger partial charge in [-0.15, -0.1) is 11.8 Å². The van der Waals surface area contributed by atoms with Crippen LogP contribution in [0.2, 0.25) is 0 Å². The summed E-state index contributed by atoms with van der Waals surface area (Å²) in [5, 5.41) is 3.09. The lowest BCUT2D eigenvalue weighted by Gasteiger charge is -2.32. The quantitative estimate of drug-likeness (QED) is 0.258. The molecule has 1 aliphatic rings. The minimum Gasteiger partial charge on any atom is -0.494 e. The summed E-state index contributed by atoms with van der Waals surface area (Å²) >= 11 is 1.51. The summed E-state index contributed by atoms with van der Waals surface area (Å²) in [5.74, 6) is -0.127. The fraction of sp³-hybridized carbons (Fsp3) is 0.375. The van der Waals surface area contributed by atoms with Crippen LogP contribution in [0.5, 0.6) is 5.75 Å². The standard InChI is InChI=1S/C32H39N3O5S2/c1-4-40-28-16-14-27(15-17-28)35(42(38,39)30-20-18-29(41-3)19-21-30)23-31(36)34(22-25-10-6-5-7-11-25)24(2)32(37)33-26-12-8-9-13-26/h5-7,10-11,14-21,24,26H,4,8-9,12-13,22-23H2,1-3H3,(H,33,37). The van der Waals surface area contributed by atoms with Crippen LogP contribution in [0, 0.1) is 0 Å². The lowest BCUT2D eigenvalue weighted by atomic mass is 10.1. The summed E-state index contributed by atoms with van der Waals surface area (Å²) in [6, 6.07) is 21.9. The monoisotopic (exact) mass is 609 g/mol. The minimum absolute atomic E-state index is 0.0728. The lowest BCUT2D eigenvalue weighted by Crippen LogP contribution is -2.52.